The lowest BCUT2D eigenvalue weighted by molar-refractivity contribution is 0.100. The molecule has 1 nitrogen and oxygen atoms in total. The van der Waals surface area contributed by atoms with Gasteiger partial charge in [-0.1, -0.05) is 6.92 Å². The molecule has 0 aromatic carbocycles. The van der Waals surface area contributed by atoms with Crippen LogP contribution in [0.15, 0.2) is 0 Å². The van der Waals surface area contributed by atoms with Gasteiger partial charge >= 0.3 is 0 Å². The van der Waals surface area contributed by atoms with Crippen molar-refractivity contribution in [3.63, 3.8) is 0 Å². The van der Waals surface area contributed by atoms with E-state index in [9.17, 15) is 0 Å². The third-order valence-corrected chi connectivity index (χ3v) is 3.31. The first kappa shape index (κ1) is 8.41. The van der Waals surface area contributed by atoms with E-state index in [1.54, 1.807) is 0 Å². The van der Waals surface area contributed by atoms with Crippen LogP contribution in [0.1, 0.15) is 26.2 Å². The molecule has 1 saturated heterocycles. The molecule has 0 aromatic rings. The molecule has 0 amide bonds. The van der Waals surface area contributed by atoms with Crippen molar-refractivity contribution in [3.05, 3.63) is 0 Å². The van der Waals surface area contributed by atoms with Gasteiger partial charge in [-0.05, 0) is 25.0 Å². The van der Waals surface area contributed by atoms with E-state index in [1.807, 2.05) is 0 Å². The lowest BCUT2D eigenvalue weighted by Gasteiger charge is -2.20. The Hall–Kier alpha value is 0.310. The molecular formula is C8H16OS. The van der Waals surface area contributed by atoms with Crippen molar-refractivity contribution in [2.24, 2.45) is 0 Å². The highest BCUT2D eigenvalue weighted by molar-refractivity contribution is 7.99. The zero-order valence-electron chi connectivity index (χ0n) is 6.64. The molecule has 0 unspecified atom stereocenters. The van der Waals surface area contributed by atoms with Crippen molar-refractivity contribution < 1.29 is 4.74 Å². The molecule has 0 atom stereocenters. The first-order valence-electron chi connectivity index (χ1n) is 4.13. The fourth-order valence-corrected chi connectivity index (χ4v) is 2.22. The minimum Gasteiger partial charge on any atom is -0.381 e. The Kier molecular flexibility index (Phi) is 4.23. The van der Waals surface area contributed by atoms with E-state index in [2.05, 4.69) is 18.7 Å². The zero-order chi connectivity index (χ0) is 7.23. The van der Waals surface area contributed by atoms with Crippen LogP contribution in [0.2, 0.25) is 0 Å². The van der Waals surface area contributed by atoms with Crippen molar-refractivity contribution in [3.8, 4) is 0 Å². The minimum absolute atomic E-state index is 0.897. The van der Waals surface area contributed by atoms with E-state index in [4.69, 9.17) is 4.74 Å². The van der Waals surface area contributed by atoms with E-state index in [-0.39, 0.29) is 0 Å². The summed E-state index contributed by atoms with van der Waals surface area (Å²) in [5.41, 5.74) is 0. The first-order valence-corrected chi connectivity index (χ1v) is 5.17. The number of ether oxygens (including phenoxy) is 1. The molecule has 0 spiro atoms. The second kappa shape index (κ2) is 5.03. The molecule has 10 heavy (non-hydrogen) atoms. The molecular weight excluding hydrogens is 144 g/mol. The van der Waals surface area contributed by atoms with Gasteiger partial charge in [-0.3, -0.25) is 0 Å². The lowest BCUT2D eigenvalue weighted by Crippen LogP contribution is -2.17. The lowest BCUT2D eigenvalue weighted by atomic mass is 10.2. The van der Waals surface area contributed by atoms with Gasteiger partial charge in [0, 0.05) is 18.5 Å². The molecule has 0 bridgehead atoms. The third kappa shape index (κ3) is 2.93. The highest BCUT2D eigenvalue weighted by Crippen LogP contribution is 2.21. The summed E-state index contributed by atoms with van der Waals surface area (Å²) in [7, 11) is 0. The summed E-state index contributed by atoms with van der Waals surface area (Å²) < 4.78 is 5.27. The van der Waals surface area contributed by atoms with E-state index >= 15 is 0 Å². The van der Waals surface area contributed by atoms with Gasteiger partial charge in [0.2, 0.25) is 0 Å². The van der Waals surface area contributed by atoms with Gasteiger partial charge in [0.05, 0.1) is 0 Å². The Balaban J connectivity index is 2.02. The Morgan fingerprint density at radius 3 is 2.70 bits per heavy atom. The van der Waals surface area contributed by atoms with Crippen molar-refractivity contribution in [1.29, 1.82) is 0 Å². The summed E-state index contributed by atoms with van der Waals surface area (Å²) in [6.07, 6.45) is 3.84. The molecule has 1 aliphatic rings. The second-order valence-electron chi connectivity index (χ2n) is 2.68. The molecule has 2 heteroatoms. The summed E-state index contributed by atoms with van der Waals surface area (Å²) in [4.78, 5) is 0. The van der Waals surface area contributed by atoms with Gasteiger partial charge in [-0.2, -0.15) is 11.8 Å². The van der Waals surface area contributed by atoms with Crippen LogP contribution in [0, 0.1) is 0 Å². The van der Waals surface area contributed by atoms with Crippen LogP contribution >= 0.6 is 11.8 Å². The van der Waals surface area contributed by atoms with Crippen LogP contribution in [0.25, 0.3) is 0 Å². The Morgan fingerprint density at radius 1 is 1.40 bits per heavy atom. The van der Waals surface area contributed by atoms with Crippen LogP contribution in [0.4, 0.5) is 0 Å². The van der Waals surface area contributed by atoms with Crippen LogP contribution in [-0.4, -0.2) is 24.2 Å². The summed E-state index contributed by atoms with van der Waals surface area (Å²) in [5.74, 6) is 1.32. The highest BCUT2D eigenvalue weighted by atomic mass is 32.2. The molecule has 0 aromatic heterocycles. The molecule has 60 valence electrons. The van der Waals surface area contributed by atoms with Gasteiger partial charge < -0.3 is 4.74 Å². The third-order valence-electron chi connectivity index (χ3n) is 1.73. The monoisotopic (exact) mass is 160 g/mol. The molecule has 1 heterocycles. The molecule has 1 aliphatic heterocycles. The van der Waals surface area contributed by atoms with Gasteiger partial charge in [-0.15, -0.1) is 0 Å². The summed E-state index contributed by atoms with van der Waals surface area (Å²) in [5, 5.41) is 0.897. The standard InChI is InChI=1S/C8H16OS/c1-2-7-10-8-3-5-9-6-4-8/h8H,2-7H2,1H3. The van der Waals surface area contributed by atoms with Crippen LogP contribution in [0.3, 0.4) is 0 Å². The second-order valence-corrected chi connectivity index (χ2v) is 4.09. The Bertz CT molecular complexity index is 79.3. The molecule has 0 radical (unpaired) electrons. The fraction of sp³-hybridized carbons (Fsp3) is 1.00. The predicted octanol–water partition coefficient (Wildman–Crippen LogP) is 2.31. The smallest absolute Gasteiger partial charge is 0.0476 e. The maximum Gasteiger partial charge on any atom is 0.0476 e. The quantitative estimate of drug-likeness (QED) is 0.626. The van der Waals surface area contributed by atoms with Crippen molar-refractivity contribution in [1.82, 2.24) is 0 Å². The maximum absolute atomic E-state index is 5.27. The number of thioether (sulfide) groups is 1. The molecule has 0 N–H and O–H groups in total. The Labute approximate surface area is 67.5 Å². The molecule has 1 fully saturated rings. The van der Waals surface area contributed by atoms with Gasteiger partial charge in [0.25, 0.3) is 0 Å². The normalized spacial score (nSPS) is 21.3. The highest BCUT2D eigenvalue weighted by Gasteiger charge is 2.12. The van der Waals surface area contributed by atoms with E-state index in [1.165, 1.54) is 25.0 Å². The van der Waals surface area contributed by atoms with Crippen LogP contribution in [0.5, 0.6) is 0 Å². The Morgan fingerprint density at radius 2 is 2.10 bits per heavy atom. The largest absolute Gasteiger partial charge is 0.381 e. The minimum atomic E-state index is 0.897. The first-order chi connectivity index (χ1) is 4.93. The van der Waals surface area contributed by atoms with E-state index in [0.717, 1.165) is 18.5 Å². The van der Waals surface area contributed by atoms with E-state index < -0.39 is 0 Å². The summed E-state index contributed by atoms with van der Waals surface area (Å²) in [6, 6.07) is 0. The maximum atomic E-state index is 5.27. The SMILES string of the molecule is CCCSC1CCOCC1. The van der Waals surface area contributed by atoms with E-state index in [0.29, 0.717) is 0 Å². The average Bonchev–Trinajstić information content (AvgIpc) is 2.03. The average molecular weight is 160 g/mol. The van der Waals surface area contributed by atoms with Crippen LogP contribution in [-0.2, 0) is 4.74 Å². The predicted molar refractivity (Wildman–Crippen MR) is 46.6 cm³/mol. The molecule has 1 rings (SSSR count). The van der Waals surface area contributed by atoms with Gasteiger partial charge in [0.15, 0.2) is 0 Å². The molecule has 0 aliphatic carbocycles. The number of hydrogen-bond donors (Lipinski definition) is 0. The van der Waals surface area contributed by atoms with Crippen LogP contribution < -0.4 is 0 Å². The van der Waals surface area contributed by atoms with Crippen molar-refractivity contribution in [2.75, 3.05) is 19.0 Å². The fourth-order valence-electron chi connectivity index (χ4n) is 1.13. The molecule has 0 saturated carbocycles. The van der Waals surface area contributed by atoms with Crippen molar-refractivity contribution in [2.45, 2.75) is 31.4 Å². The van der Waals surface area contributed by atoms with Crippen molar-refractivity contribution >= 4 is 11.8 Å². The summed E-state index contributed by atoms with van der Waals surface area (Å²) in [6.45, 7) is 4.22. The number of rotatable bonds is 3. The van der Waals surface area contributed by atoms with Gasteiger partial charge in [-0.25, -0.2) is 0 Å². The summed E-state index contributed by atoms with van der Waals surface area (Å²) >= 11 is 2.12. The topological polar surface area (TPSA) is 9.23 Å². The zero-order valence-corrected chi connectivity index (χ0v) is 7.45. The number of hydrogen-bond acceptors (Lipinski definition) is 2. The van der Waals surface area contributed by atoms with Gasteiger partial charge in [0.1, 0.15) is 0 Å².